The molecule has 0 amide bonds. The van der Waals surface area contributed by atoms with Gasteiger partial charge in [-0.3, -0.25) is 8.99 Å². The zero-order valence-electron chi connectivity index (χ0n) is 12.8. The monoisotopic (exact) mass is 369 g/mol. The van der Waals surface area contributed by atoms with Crippen molar-refractivity contribution in [2.45, 2.75) is 4.90 Å². The fourth-order valence-electron chi connectivity index (χ4n) is 2.18. The zero-order chi connectivity index (χ0) is 17.5. The van der Waals surface area contributed by atoms with E-state index < -0.39 is 15.8 Å². The molecule has 0 saturated heterocycles. The van der Waals surface area contributed by atoms with E-state index in [1.54, 1.807) is 19.3 Å². The van der Waals surface area contributed by atoms with Gasteiger partial charge in [-0.15, -0.1) is 0 Å². The highest BCUT2D eigenvalue weighted by molar-refractivity contribution is 7.92. The van der Waals surface area contributed by atoms with Crippen LogP contribution in [0, 0.1) is 5.82 Å². The predicted octanol–water partition coefficient (Wildman–Crippen LogP) is 2.22. The summed E-state index contributed by atoms with van der Waals surface area (Å²) in [4.78, 5) is -0.208. The quantitative estimate of drug-likeness (QED) is 0.707. The molecule has 0 radical (unpaired) electrons. The predicted molar refractivity (Wildman–Crippen MR) is 87.3 cm³/mol. The van der Waals surface area contributed by atoms with Crippen LogP contribution < -0.4 is 4.31 Å². The molecule has 126 valence electrons. The summed E-state index contributed by atoms with van der Waals surface area (Å²) in [6.45, 7) is 0. The Balaban J connectivity index is 2.01. The Morgan fingerprint density at radius 3 is 2.62 bits per heavy atom. The fourth-order valence-corrected chi connectivity index (χ4v) is 3.71. The molecule has 0 unspecified atom stereocenters. The molecule has 2 heterocycles. The highest BCUT2D eigenvalue weighted by Crippen LogP contribution is 2.28. The average molecular weight is 370 g/mol. The van der Waals surface area contributed by atoms with E-state index in [0.717, 1.165) is 10.4 Å². The second kappa shape index (κ2) is 5.91. The Morgan fingerprint density at radius 2 is 2.08 bits per heavy atom. The summed E-state index contributed by atoms with van der Waals surface area (Å²) in [7, 11) is -1.08. The van der Waals surface area contributed by atoms with Crippen LogP contribution in [0.1, 0.15) is 0 Å². The first-order chi connectivity index (χ1) is 11.3. The van der Waals surface area contributed by atoms with Crippen molar-refractivity contribution < 1.29 is 12.8 Å². The summed E-state index contributed by atoms with van der Waals surface area (Å²) in [5.74, 6) is -0.643. The third-order valence-corrected chi connectivity index (χ3v) is 5.40. The van der Waals surface area contributed by atoms with Crippen LogP contribution in [0.5, 0.6) is 0 Å². The summed E-state index contributed by atoms with van der Waals surface area (Å²) in [6.07, 6.45) is 4.54. The Morgan fingerprint density at radius 1 is 1.33 bits per heavy atom. The molecule has 0 saturated carbocycles. The van der Waals surface area contributed by atoms with Gasteiger partial charge in [0.2, 0.25) is 0 Å². The standard InChI is InChI=1S/C14H13ClFN5O2S/c1-19-9-11(15)14(18-19)20(2)24(22,23)10-4-5-13(12(16)8-10)21-7-3-6-17-21/h3-9H,1-2H3. The molecule has 0 aliphatic rings. The van der Waals surface area contributed by atoms with E-state index in [1.165, 1.54) is 40.9 Å². The van der Waals surface area contributed by atoms with Crippen molar-refractivity contribution in [1.82, 2.24) is 19.6 Å². The maximum atomic E-state index is 14.3. The number of rotatable bonds is 4. The molecule has 24 heavy (non-hydrogen) atoms. The topological polar surface area (TPSA) is 73.0 Å². The molecule has 0 atom stereocenters. The Hall–Kier alpha value is -2.39. The zero-order valence-corrected chi connectivity index (χ0v) is 14.3. The normalized spacial score (nSPS) is 11.7. The lowest BCUT2D eigenvalue weighted by molar-refractivity contribution is 0.585. The van der Waals surface area contributed by atoms with Gasteiger partial charge in [0.1, 0.15) is 16.5 Å². The van der Waals surface area contributed by atoms with Crippen LogP contribution in [-0.4, -0.2) is 35.0 Å². The van der Waals surface area contributed by atoms with Crippen molar-refractivity contribution in [3.05, 3.63) is 53.7 Å². The molecule has 10 heteroatoms. The molecule has 1 aromatic carbocycles. The second-order valence-corrected chi connectivity index (χ2v) is 7.39. The van der Waals surface area contributed by atoms with Crippen molar-refractivity contribution in [2.75, 3.05) is 11.4 Å². The highest BCUT2D eigenvalue weighted by Gasteiger charge is 2.26. The Labute approximate surface area is 142 Å². The minimum atomic E-state index is -4.01. The van der Waals surface area contributed by atoms with Gasteiger partial charge in [-0.2, -0.15) is 10.2 Å². The van der Waals surface area contributed by atoms with Crippen LogP contribution in [0.25, 0.3) is 5.69 Å². The SMILES string of the molecule is CN(c1nn(C)cc1Cl)S(=O)(=O)c1ccc(-n2cccn2)c(F)c1. The third-order valence-electron chi connectivity index (χ3n) is 3.39. The number of nitrogens with zero attached hydrogens (tertiary/aromatic N) is 5. The van der Waals surface area contributed by atoms with E-state index in [0.29, 0.717) is 0 Å². The van der Waals surface area contributed by atoms with E-state index in [2.05, 4.69) is 10.2 Å². The molecule has 0 bridgehead atoms. The molecule has 0 fully saturated rings. The van der Waals surface area contributed by atoms with E-state index in [9.17, 15) is 12.8 Å². The molecule has 0 N–H and O–H groups in total. The Bertz CT molecular complexity index is 985. The van der Waals surface area contributed by atoms with E-state index in [1.807, 2.05) is 0 Å². The van der Waals surface area contributed by atoms with Gasteiger partial charge >= 0.3 is 0 Å². The van der Waals surface area contributed by atoms with Crippen molar-refractivity contribution in [3.63, 3.8) is 0 Å². The summed E-state index contributed by atoms with van der Waals surface area (Å²) >= 11 is 5.98. The lowest BCUT2D eigenvalue weighted by Crippen LogP contribution is -2.27. The van der Waals surface area contributed by atoms with E-state index in [4.69, 9.17) is 11.6 Å². The van der Waals surface area contributed by atoms with E-state index in [-0.39, 0.29) is 21.4 Å². The average Bonchev–Trinajstić information content (AvgIpc) is 3.16. The summed E-state index contributed by atoms with van der Waals surface area (Å²) in [6, 6.07) is 5.24. The van der Waals surface area contributed by atoms with Gasteiger partial charge in [-0.1, -0.05) is 11.6 Å². The first kappa shape index (κ1) is 16.5. The van der Waals surface area contributed by atoms with Crippen LogP contribution in [0.4, 0.5) is 10.2 Å². The molecule has 7 nitrogen and oxygen atoms in total. The van der Waals surface area contributed by atoms with Gasteiger partial charge in [-0.25, -0.2) is 17.5 Å². The van der Waals surface area contributed by atoms with Crippen LogP contribution in [-0.2, 0) is 17.1 Å². The molecular formula is C14H13ClFN5O2S. The first-order valence-corrected chi connectivity index (χ1v) is 8.60. The summed E-state index contributed by atoms with van der Waals surface area (Å²) in [5.41, 5.74) is 0.150. The molecule has 0 spiro atoms. The van der Waals surface area contributed by atoms with Crippen LogP contribution >= 0.6 is 11.6 Å². The molecule has 0 aliphatic carbocycles. The smallest absolute Gasteiger partial charge is 0.265 e. The first-order valence-electron chi connectivity index (χ1n) is 6.78. The van der Waals surface area contributed by atoms with Crippen molar-refractivity contribution in [2.24, 2.45) is 7.05 Å². The van der Waals surface area contributed by atoms with Crippen LogP contribution in [0.2, 0.25) is 5.02 Å². The number of halogens is 2. The van der Waals surface area contributed by atoms with Gasteiger partial charge in [0.15, 0.2) is 5.82 Å². The Kier molecular flexibility index (Phi) is 4.06. The van der Waals surface area contributed by atoms with Gasteiger partial charge < -0.3 is 0 Å². The third kappa shape index (κ3) is 2.76. The number of sulfonamides is 1. The summed E-state index contributed by atoms with van der Waals surface area (Å²) in [5, 5.41) is 8.11. The number of aryl methyl sites for hydroxylation is 1. The number of hydrogen-bond acceptors (Lipinski definition) is 4. The van der Waals surface area contributed by atoms with Gasteiger partial charge in [-0.05, 0) is 24.3 Å². The maximum Gasteiger partial charge on any atom is 0.265 e. The van der Waals surface area contributed by atoms with Crippen molar-refractivity contribution >= 4 is 27.4 Å². The lowest BCUT2D eigenvalue weighted by Gasteiger charge is -2.17. The van der Waals surface area contributed by atoms with Gasteiger partial charge in [0.05, 0.1) is 4.90 Å². The van der Waals surface area contributed by atoms with Gasteiger partial charge in [0, 0.05) is 32.7 Å². The minimum Gasteiger partial charge on any atom is -0.272 e. The number of anilines is 1. The molecule has 3 aromatic rings. The van der Waals surface area contributed by atoms with Gasteiger partial charge in [0.25, 0.3) is 10.0 Å². The molecule has 2 aromatic heterocycles. The van der Waals surface area contributed by atoms with Crippen LogP contribution in [0.15, 0.2) is 47.8 Å². The largest absolute Gasteiger partial charge is 0.272 e. The maximum absolute atomic E-state index is 14.3. The van der Waals surface area contributed by atoms with E-state index >= 15 is 0 Å². The number of aromatic nitrogens is 4. The molecule has 0 aliphatic heterocycles. The number of hydrogen-bond donors (Lipinski definition) is 0. The minimum absolute atomic E-state index is 0.0655. The fraction of sp³-hybridized carbons (Fsp3) is 0.143. The molecular weight excluding hydrogens is 357 g/mol. The lowest BCUT2D eigenvalue weighted by atomic mass is 10.3. The number of benzene rings is 1. The van der Waals surface area contributed by atoms with Crippen LogP contribution in [0.3, 0.4) is 0 Å². The van der Waals surface area contributed by atoms with Crippen molar-refractivity contribution in [3.8, 4) is 5.69 Å². The molecule has 3 rings (SSSR count). The van der Waals surface area contributed by atoms with Crippen molar-refractivity contribution in [1.29, 1.82) is 0 Å². The summed E-state index contributed by atoms with van der Waals surface area (Å²) < 4.78 is 43.3. The second-order valence-electron chi connectivity index (χ2n) is 5.01. The highest BCUT2D eigenvalue weighted by atomic mass is 35.5.